The minimum absolute atomic E-state index is 0.761. The summed E-state index contributed by atoms with van der Waals surface area (Å²) < 4.78 is 5.67. The average molecular weight is 250 g/mol. The summed E-state index contributed by atoms with van der Waals surface area (Å²) in [4.78, 5) is 2.56. The third-order valence-corrected chi connectivity index (χ3v) is 3.79. The molecule has 0 saturated carbocycles. The fraction of sp³-hybridized carbons (Fsp3) is 0.733. The first-order valence-corrected chi connectivity index (χ1v) is 7.34. The molecule has 1 N–H and O–H groups in total. The smallest absolute Gasteiger partial charge is 0.118 e. The van der Waals surface area contributed by atoms with Crippen LogP contribution in [0.2, 0.25) is 0 Å². The highest BCUT2D eigenvalue weighted by Gasteiger charge is 2.23. The van der Waals surface area contributed by atoms with Crippen LogP contribution in [0, 0.1) is 0 Å². The van der Waals surface area contributed by atoms with Gasteiger partial charge in [0.25, 0.3) is 0 Å². The zero-order chi connectivity index (χ0) is 12.8. The summed E-state index contributed by atoms with van der Waals surface area (Å²) >= 11 is 0. The molecule has 3 nitrogen and oxygen atoms in total. The van der Waals surface area contributed by atoms with Crippen LogP contribution in [-0.4, -0.2) is 24.0 Å². The van der Waals surface area contributed by atoms with E-state index < -0.39 is 0 Å². The van der Waals surface area contributed by atoms with Crippen LogP contribution in [0.4, 0.5) is 0 Å². The van der Waals surface area contributed by atoms with Crippen LogP contribution in [0.5, 0.6) is 0 Å². The molecule has 1 aromatic heterocycles. The van der Waals surface area contributed by atoms with Gasteiger partial charge in [-0.25, -0.2) is 0 Å². The second kappa shape index (κ2) is 6.95. The lowest BCUT2D eigenvalue weighted by molar-refractivity contribution is 0.221. The molecular weight excluding hydrogens is 224 g/mol. The summed E-state index contributed by atoms with van der Waals surface area (Å²) in [5, 5.41) is 3.40. The summed E-state index contributed by atoms with van der Waals surface area (Å²) in [5.41, 5.74) is 1.27. The number of likely N-dealkylation sites (tertiary alicyclic amines) is 1. The van der Waals surface area contributed by atoms with Gasteiger partial charge < -0.3 is 9.73 Å². The van der Waals surface area contributed by atoms with Gasteiger partial charge in [0.15, 0.2) is 0 Å². The Labute approximate surface area is 111 Å². The van der Waals surface area contributed by atoms with Gasteiger partial charge in [-0.05, 0) is 44.8 Å². The molecule has 1 unspecified atom stereocenters. The fourth-order valence-corrected chi connectivity index (χ4v) is 2.78. The molecule has 2 rings (SSSR count). The number of nitrogens with one attached hydrogen (secondary N) is 1. The van der Waals surface area contributed by atoms with Crippen molar-refractivity contribution in [1.82, 2.24) is 10.2 Å². The minimum atomic E-state index is 0.761. The van der Waals surface area contributed by atoms with Gasteiger partial charge in [-0.1, -0.05) is 13.8 Å². The van der Waals surface area contributed by atoms with Gasteiger partial charge in [-0.3, -0.25) is 4.90 Å². The van der Waals surface area contributed by atoms with E-state index in [1.807, 2.05) is 6.26 Å². The molecule has 18 heavy (non-hydrogen) atoms. The molecule has 1 atom stereocenters. The summed E-state index contributed by atoms with van der Waals surface area (Å²) in [6.07, 6.45) is 7.02. The van der Waals surface area contributed by atoms with Crippen molar-refractivity contribution in [3.05, 3.63) is 23.7 Å². The van der Waals surface area contributed by atoms with Gasteiger partial charge in [-0.2, -0.15) is 0 Å². The zero-order valence-corrected chi connectivity index (χ0v) is 11.7. The number of furan rings is 1. The maximum absolute atomic E-state index is 5.67. The molecule has 1 aromatic rings. The fourth-order valence-electron chi connectivity index (χ4n) is 2.78. The lowest BCUT2D eigenvalue weighted by Gasteiger charge is -2.21. The van der Waals surface area contributed by atoms with Crippen molar-refractivity contribution >= 4 is 0 Å². The molecule has 0 radical (unpaired) electrons. The molecular formula is C15H26N2O. The Morgan fingerprint density at radius 1 is 1.44 bits per heavy atom. The van der Waals surface area contributed by atoms with E-state index in [-0.39, 0.29) is 0 Å². The van der Waals surface area contributed by atoms with Crippen molar-refractivity contribution < 1.29 is 4.42 Å². The van der Waals surface area contributed by atoms with Crippen LogP contribution in [0.25, 0.3) is 0 Å². The highest BCUT2D eigenvalue weighted by molar-refractivity contribution is 5.12. The van der Waals surface area contributed by atoms with Crippen molar-refractivity contribution in [3.8, 4) is 0 Å². The van der Waals surface area contributed by atoms with Crippen LogP contribution in [0.1, 0.15) is 50.9 Å². The Hall–Kier alpha value is -0.800. The van der Waals surface area contributed by atoms with Gasteiger partial charge >= 0.3 is 0 Å². The van der Waals surface area contributed by atoms with E-state index in [1.54, 1.807) is 0 Å². The summed E-state index contributed by atoms with van der Waals surface area (Å²) in [6, 6.07) is 2.96. The number of nitrogens with zero attached hydrogens (tertiary/aromatic N) is 1. The molecule has 0 aliphatic carbocycles. The molecule has 3 heteroatoms. The summed E-state index contributed by atoms with van der Waals surface area (Å²) in [7, 11) is 0. The van der Waals surface area contributed by atoms with E-state index in [1.165, 1.54) is 37.8 Å². The van der Waals surface area contributed by atoms with Gasteiger partial charge in [-0.15, -0.1) is 0 Å². The van der Waals surface area contributed by atoms with Crippen molar-refractivity contribution in [2.24, 2.45) is 0 Å². The van der Waals surface area contributed by atoms with E-state index in [0.717, 1.165) is 31.4 Å². The Morgan fingerprint density at radius 2 is 2.33 bits per heavy atom. The normalized spacial score (nSPS) is 20.7. The average Bonchev–Trinajstić information content (AvgIpc) is 2.99. The molecule has 0 spiro atoms. The van der Waals surface area contributed by atoms with Crippen molar-refractivity contribution in [2.45, 2.75) is 58.7 Å². The molecule has 0 amide bonds. The second-order valence-corrected chi connectivity index (χ2v) is 5.27. The minimum Gasteiger partial charge on any atom is -0.468 e. The predicted molar refractivity (Wildman–Crippen MR) is 74.4 cm³/mol. The van der Waals surface area contributed by atoms with E-state index in [4.69, 9.17) is 4.42 Å². The van der Waals surface area contributed by atoms with Crippen LogP contribution >= 0.6 is 0 Å². The lowest BCUT2D eigenvalue weighted by Crippen LogP contribution is -2.27. The van der Waals surface area contributed by atoms with E-state index >= 15 is 0 Å². The zero-order valence-electron chi connectivity index (χ0n) is 11.7. The molecule has 1 aliphatic heterocycles. The number of rotatable bonds is 7. The quantitative estimate of drug-likeness (QED) is 0.754. The molecule has 102 valence electrons. The first kappa shape index (κ1) is 13.6. The van der Waals surface area contributed by atoms with Crippen LogP contribution < -0.4 is 5.32 Å². The van der Waals surface area contributed by atoms with Gasteiger partial charge in [0.2, 0.25) is 0 Å². The van der Waals surface area contributed by atoms with Crippen molar-refractivity contribution in [2.75, 3.05) is 13.1 Å². The summed E-state index contributed by atoms with van der Waals surface area (Å²) in [5.74, 6) is 1.11. The molecule has 0 aromatic carbocycles. The Kier molecular flexibility index (Phi) is 5.26. The lowest BCUT2D eigenvalue weighted by atomic mass is 10.2. The molecule has 1 saturated heterocycles. The molecule has 2 heterocycles. The van der Waals surface area contributed by atoms with Gasteiger partial charge in [0, 0.05) is 18.2 Å². The van der Waals surface area contributed by atoms with E-state index in [2.05, 4.69) is 30.1 Å². The molecule has 0 bridgehead atoms. The standard InChI is InChI=1S/C15H26N2O/c1-3-7-16-10-13-9-15(18-12-13)11-17-8-5-6-14(17)4-2/h9,12,14,16H,3-8,10-11H2,1-2H3. The van der Waals surface area contributed by atoms with Crippen LogP contribution in [-0.2, 0) is 13.1 Å². The first-order chi connectivity index (χ1) is 8.83. The van der Waals surface area contributed by atoms with Crippen molar-refractivity contribution in [3.63, 3.8) is 0 Å². The third kappa shape index (κ3) is 3.59. The Balaban J connectivity index is 1.82. The predicted octanol–water partition coefficient (Wildman–Crippen LogP) is 3.15. The topological polar surface area (TPSA) is 28.4 Å². The monoisotopic (exact) mass is 250 g/mol. The highest BCUT2D eigenvalue weighted by Crippen LogP contribution is 2.22. The van der Waals surface area contributed by atoms with Gasteiger partial charge in [0.1, 0.15) is 5.76 Å². The SMILES string of the molecule is CCCNCc1coc(CN2CCCC2CC)c1. The first-order valence-electron chi connectivity index (χ1n) is 7.34. The largest absolute Gasteiger partial charge is 0.468 e. The molecule has 1 aliphatic rings. The third-order valence-electron chi connectivity index (χ3n) is 3.79. The Bertz CT molecular complexity index is 348. The van der Waals surface area contributed by atoms with Crippen LogP contribution in [0.3, 0.4) is 0 Å². The number of hydrogen-bond donors (Lipinski definition) is 1. The van der Waals surface area contributed by atoms with E-state index in [0.29, 0.717) is 0 Å². The second-order valence-electron chi connectivity index (χ2n) is 5.27. The van der Waals surface area contributed by atoms with Gasteiger partial charge in [0.05, 0.1) is 12.8 Å². The highest BCUT2D eigenvalue weighted by atomic mass is 16.3. The summed E-state index contributed by atoms with van der Waals surface area (Å²) in [6.45, 7) is 8.67. The molecule has 1 fully saturated rings. The van der Waals surface area contributed by atoms with E-state index in [9.17, 15) is 0 Å². The maximum Gasteiger partial charge on any atom is 0.118 e. The van der Waals surface area contributed by atoms with Crippen LogP contribution in [0.15, 0.2) is 16.7 Å². The number of hydrogen-bond acceptors (Lipinski definition) is 3. The maximum atomic E-state index is 5.67. The van der Waals surface area contributed by atoms with Crippen molar-refractivity contribution in [1.29, 1.82) is 0 Å². The Morgan fingerprint density at radius 3 is 3.11 bits per heavy atom.